The number of ether oxygens (including phenoxy) is 1. The summed E-state index contributed by atoms with van der Waals surface area (Å²) in [4.78, 5) is 0. The molecule has 0 bridgehead atoms. The van der Waals surface area contributed by atoms with Gasteiger partial charge in [0.25, 0.3) is 0 Å². The summed E-state index contributed by atoms with van der Waals surface area (Å²) in [5.74, 6) is 0.618. The molecule has 6 heteroatoms. The molecule has 2 rings (SSSR count). The van der Waals surface area contributed by atoms with E-state index in [1.165, 1.54) is 13.8 Å². The maximum atomic E-state index is 11.8. The third-order valence-electron chi connectivity index (χ3n) is 3.69. The Hall–Kier alpha value is -0.590. The highest BCUT2D eigenvalue weighted by Gasteiger charge is 2.41. The van der Waals surface area contributed by atoms with E-state index in [0.29, 0.717) is 17.9 Å². The Balaban J connectivity index is 2.54. The van der Waals surface area contributed by atoms with E-state index in [9.17, 15) is 13.5 Å². The van der Waals surface area contributed by atoms with Crippen molar-refractivity contribution in [1.82, 2.24) is 0 Å². The Morgan fingerprint density at radius 3 is 2.63 bits per heavy atom. The summed E-state index contributed by atoms with van der Waals surface area (Å²) in [6.45, 7) is 3.61. The third kappa shape index (κ3) is 2.53. The van der Waals surface area contributed by atoms with Gasteiger partial charge in [-0.05, 0) is 31.5 Å². The Labute approximate surface area is 121 Å². The summed E-state index contributed by atoms with van der Waals surface area (Å²) < 4.78 is 28.8. The second-order valence-electron chi connectivity index (χ2n) is 5.36. The zero-order chi connectivity index (χ0) is 14.4. The Morgan fingerprint density at radius 2 is 2.05 bits per heavy atom. The number of halogens is 1. The molecule has 1 unspecified atom stereocenters. The van der Waals surface area contributed by atoms with Gasteiger partial charge in [-0.3, -0.25) is 0 Å². The lowest BCUT2D eigenvalue weighted by Gasteiger charge is -2.29. The topological polar surface area (TPSA) is 63.6 Å². The summed E-state index contributed by atoms with van der Waals surface area (Å²) in [7, 11) is -3.40. The second kappa shape index (κ2) is 4.75. The molecule has 0 radical (unpaired) electrons. The molecule has 0 spiro atoms. The van der Waals surface area contributed by atoms with Crippen LogP contribution in [-0.4, -0.2) is 31.1 Å². The van der Waals surface area contributed by atoms with E-state index in [1.807, 2.05) is 6.07 Å². The molecule has 0 saturated heterocycles. The summed E-state index contributed by atoms with van der Waals surface area (Å²) in [6.07, 6.45) is 0.773. The highest BCUT2D eigenvalue weighted by Crippen LogP contribution is 2.41. The van der Waals surface area contributed by atoms with Crippen molar-refractivity contribution in [1.29, 1.82) is 0 Å². The summed E-state index contributed by atoms with van der Waals surface area (Å²) in [5, 5.41) is 10.5. The van der Waals surface area contributed by atoms with Crippen molar-refractivity contribution in [3.8, 4) is 5.75 Å². The lowest BCUT2D eigenvalue weighted by atomic mass is 9.95. The normalized spacial score (nSPS) is 16.9. The van der Waals surface area contributed by atoms with Crippen LogP contribution in [0.4, 0.5) is 0 Å². The number of aliphatic hydroxyl groups excluding tert-OH is 1. The third-order valence-corrected chi connectivity index (χ3v) is 6.28. The molecular formula is C13H17BrO4S. The average Bonchev–Trinajstić information content (AvgIpc) is 2.72. The molecule has 19 heavy (non-hydrogen) atoms. The number of hydrogen-bond acceptors (Lipinski definition) is 4. The maximum Gasteiger partial charge on any atom is 0.155 e. The van der Waals surface area contributed by atoms with Crippen LogP contribution < -0.4 is 4.74 Å². The van der Waals surface area contributed by atoms with E-state index in [4.69, 9.17) is 4.74 Å². The molecule has 1 heterocycles. The Kier molecular flexibility index (Phi) is 3.70. The average molecular weight is 349 g/mol. The fraction of sp³-hybridized carbons (Fsp3) is 0.538. The van der Waals surface area contributed by atoms with Crippen molar-refractivity contribution in [3.05, 3.63) is 27.7 Å². The minimum atomic E-state index is -3.40. The predicted molar refractivity (Wildman–Crippen MR) is 77.2 cm³/mol. The van der Waals surface area contributed by atoms with Crippen molar-refractivity contribution in [2.75, 3.05) is 12.9 Å². The van der Waals surface area contributed by atoms with Crippen LogP contribution in [-0.2, 0) is 16.3 Å². The molecule has 0 aliphatic carbocycles. The predicted octanol–water partition coefficient (Wildman–Crippen LogP) is 2.24. The van der Waals surface area contributed by atoms with Gasteiger partial charge in [0.15, 0.2) is 9.84 Å². The minimum absolute atomic E-state index is 0.525. The molecule has 1 aliphatic heterocycles. The summed E-state index contributed by atoms with van der Waals surface area (Å²) >= 11 is 3.39. The van der Waals surface area contributed by atoms with Crippen molar-refractivity contribution < 1.29 is 18.3 Å². The molecule has 1 aliphatic rings. The number of benzene rings is 1. The first-order valence-electron chi connectivity index (χ1n) is 5.97. The van der Waals surface area contributed by atoms with Gasteiger partial charge in [-0.1, -0.05) is 15.9 Å². The van der Waals surface area contributed by atoms with E-state index in [0.717, 1.165) is 22.7 Å². The zero-order valence-corrected chi connectivity index (χ0v) is 13.5. The SMILES string of the molecule is CC(C)(C(O)c1cc(Br)cc2c1OCC2)S(C)(=O)=O. The Morgan fingerprint density at radius 1 is 1.42 bits per heavy atom. The van der Waals surface area contributed by atoms with Gasteiger partial charge >= 0.3 is 0 Å². The molecule has 4 nitrogen and oxygen atoms in total. The van der Waals surface area contributed by atoms with Gasteiger partial charge in [0.1, 0.15) is 11.9 Å². The monoisotopic (exact) mass is 348 g/mol. The van der Waals surface area contributed by atoms with Gasteiger partial charge in [-0.25, -0.2) is 8.42 Å². The van der Waals surface area contributed by atoms with Gasteiger partial charge in [0, 0.05) is 22.7 Å². The smallest absolute Gasteiger partial charge is 0.155 e. The molecule has 0 aromatic heterocycles. The largest absolute Gasteiger partial charge is 0.493 e. The molecule has 106 valence electrons. The summed E-state index contributed by atoms with van der Waals surface area (Å²) in [5.41, 5.74) is 1.52. The zero-order valence-electron chi connectivity index (χ0n) is 11.1. The van der Waals surface area contributed by atoms with Crippen LogP contribution >= 0.6 is 15.9 Å². The van der Waals surface area contributed by atoms with Crippen molar-refractivity contribution in [2.45, 2.75) is 31.1 Å². The second-order valence-corrected chi connectivity index (χ2v) is 8.87. The van der Waals surface area contributed by atoms with E-state index < -0.39 is 20.7 Å². The molecule has 1 N–H and O–H groups in total. The lowest BCUT2D eigenvalue weighted by Crippen LogP contribution is -2.38. The lowest BCUT2D eigenvalue weighted by molar-refractivity contribution is 0.135. The number of sulfone groups is 1. The van der Waals surface area contributed by atoms with Gasteiger partial charge in [-0.2, -0.15) is 0 Å². The number of fused-ring (bicyclic) bond motifs is 1. The van der Waals surface area contributed by atoms with Crippen LogP contribution in [0.5, 0.6) is 5.75 Å². The van der Waals surface area contributed by atoms with Gasteiger partial charge in [-0.15, -0.1) is 0 Å². The van der Waals surface area contributed by atoms with E-state index in [-0.39, 0.29) is 0 Å². The minimum Gasteiger partial charge on any atom is -0.493 e. The highest BCUT2D eigenvalue weighted by atomic mass is 79.9. The van der Waals surface area contributed by atoms with Crippen LogP contribution in [0.25, 0.3) is 0 Å². The first-order chi connectivity index (χ1) is 8.64. The fourth-order valence-corrected chi connectivity index (χ4v) is 3.13. The molecule has 0 fully saturated rings. The fourth-order valence-electron chi connectivity index (χ4n) is 2.08. The molecular weight excluding hydrogens is 332 g/mol. The number of hydrogen-bond donors (Lipinski definition) is 1. The first kappa shape index (κ1) is 14.8. The Bertz CT molecular complexity index is 607. The van der Waals surface area contributed by atoms with Crippen molar-refractivity contribution >= 4 is 25.8 Å². The number of aliphatic hydroxyl groups is 1. The van der Waals surface area contributed by atoms with Crippen LogP contribution in [0, 0.1) is 0 Å². The molecule has 0 amide bonds. The van der Waals surface area contributed by atoms with Crippen molar-refractivity contribution in [3.63, 3.8) is 0 Å². The standard InChI is InChI=1S/C13H17BrO4S/c1-13(2,19(3,16)17)12(15)10-7-9(14)6-8-4-5-18-11(8)10/h6-7,12,15H,4-5H2,1-3H3. The van der Waals surface area contributed by atoms with Crippen LogP contribution in [0.15, 0.2) is 16.6 Å². The molecule has 1 atom stereocenters. The van der Waals surface area contributed by atoms with Gasteiger partial charge in [0.2, 0.25) is 0 Å². The van der Waals surface area contributed by atoms with Crippen LogP contribution in [0.1, 0.15) is 31.1 Å². The first-order valence-corrected chi connectivity index (χ1v) is 8.66. The van der Waals surface area contributed by atoms with Crippen LogP contribution in [0.3, 0.4) is 0 Å². The molecule has 1 aromatic carbocycles. The quantitative estimate of drug-likeness (QED) is 0.909. The van der Waals surface area contributed by atoms with E-state index in [2.05, 4.69) is 15.9 Å². The van der Waals surface area contributed by atoms with E-state index in [1.54, 1.807) is 6.07 Å². The van der Waals surface area contributed by atoms with Crippen molar-refractivity contribution in [2.24, 2.45) is 0 Å². The molecule has 1 aromatic rings. The maximum absolute atomic E-state index is 11.8. The highest BCUT2D eigenvalue weighted by molar-refractivity contribution is 9.10. The van der Waals surface area contributed by atoms with E-state index >= 15 is 0 Å². The van der Waals surface area contributed by atoms with Crippen LogP contribution in [0.2, 0.25) is 0 Å². The summed E-state index contributed by atoms with van der Waals surface area (Å²) in [6, 6.07) is 3.66. The number of rotatable bonds is 3. The molecule has 0 saturated carbocycles. The van der Waals surface area contributed by atoms with Gasteiger partial charge < -0.3 is 9.84 Å². The van der Waals surface area contributed by atoms with Gasteiger partial charge in [0.05, 0.1) is 11.4 Å².